The molecule has 1 unspecified atom stereocenters. The van der Waals surface area contributed by atoms with Gasteiger partial charge < -0.3 is 5.32 Å². The summed E-state index contributed by atoms with van der Waals surface area (Å²) in [6, 6.07) is 5.30. The predicted molar refractivity (Wildman–Crippen MR) is 63.0 cm³/mol. The van der Waals surface area contributed by atoms with Crippen LogP contribution in [-0.4, -0.2) is 13.1 Å². The van der Waals surface area contributed by atoms with Crippen LogP contribution in [0.1, 0.15) is 29.5 Å². The second-order valence-corrected chi connectivity index (χ2v) is 5.41. The number of likely N-dealkylation sites (N-methyl/N-ethyl adjacent to an activating group) is 1. The minimum absolute atomic E-state index is 0.721. The minimum Gasteiger partial charge on any atom is -0.316 e. The van der Waals surface area contributed by atoms with E-state index in [0.29, 0.717) is 0 Å². The number of thiophene rings is 1. The van der Waals surface area contributed by atoms with Gasteiger partial charge in [-0.25, -0.2) is 0 Å². The highest BCUT2D eigenvalue weighted by Gasteiger charge is 2.30. The smallest absolute Gasteiger partial charge is 0.0141 e. The van der Waals surface area contributed by atoms with Crippen LogP contribution in [0.2, 0.25) is 0 Å². The molecule has 0 aromatic carbocycles. The summed E-state index contributed by atoms with van der Waals surface area (Å²) in [5.74, 6) is 0.951. The second kappa shape index (κ2) is 4.45. The zero-order valence-corrected chi connectivity index (χ0v) is 9.86. The quantitative estimate of drug-likeness (QED) is 0.786. The number of rotatable bonds is 5. The molecule has 0 bridgehead atoms. The molecule has 1 fully saturated rings. The number of nitrogens with one attached hydrogen (secondary N) is 1. The Labute approximate surface area is 90.5 Å². The first-order valence-corrected chi connectivity index (χ1v) is 6.40. The summed E-state index contributed by atoms with van der Waals surface area (Å²) in [4.78, 5) is 3.07. The standard InChI is InChI=1S/C12H19NS/c1-3-10-6-7-11(14-10)8-12(13-2)9-4-5-9/h6-7,9,12-13H,3-5,8H2,1-2H3. The van der Waals surface area contributed by atoms with Gasteiger partial charge in [0.05, 0.1) is 0 Å². The van der Waals surface area contributed by atoms with Gasteiger partial charge in [0.25, 0.3) is 0 Å². The third kappa shape index (κ3) is 2.37. The maximum Gasteiger partial charge on any atom is 0.0141 e. The van der Waals surface area contributed by atoms with Crippen LogP contribution in [0.5, 0.6) is 0 Å². The average Bonchev–Trinajstić information content (AvgIpc) is 2.95. The van der Waals surface area contributed by atoms with Crippen molar-refractivity contribution in [2.75, 3.05) is 7.05 Å². The molecule has 14 heavy (non-hydrogen) atoms. The molecule has 1 nitrogen and oxygen atoms in total. The SMILES string of the molecule is CCc1ccc(CC(NC)C2CC2)s1. The lowest BCUT2D eigenvalue weighted by atomic mass is 10.1. The van der Waals surface area contributed by atoms with Crippen molar-refractivity contribution in [2.24, 2.45) is 5.92 Å². The van der Waals surface area contributed by atoms with Crippen molar-refractivity contribution < 1.29 is 0 Å². The lowest BCUT2D eigenvalue weighted by Gasteiger charge is -2.13. The minimum atomic E-state index is 0.721. The van der Waals surface area contributed by atoms with Crippen molar-refractivity contribution in [1.82, 2.24) is 5.32 Å². The Morgan fingerprint density at radius 2 is 2.14 bits per heavy atom. The fourth-order valence-electron chi connectivity index (χ4n) is 1.94. The number of aryl methyl sites for hydroxylation is 1. The Bertz CT molecular complexity index is 288. The molecule has 0 amide bonds. The van der Waals surface area contributed by atoms with Crippen LogP contribution in [-0.2, 0) is 12.8 Å². The van der Waals surface area contributed by atoms with Crippen molar-refractivity contribution in [3.8, 4) is 0 Å². The normalized spacial score (nSPS) is 18.4. The van der Waals surface area contributed by atoms with Gasteiger partial charge in [0.1, 0.15) is 0 Å². The Kier molecular flexibility index (Phi) is 3.24. The van der Waals surface area contributed by atoms with Gasteiger partial charge in [0, 0.05) is 15.8 Å². The van der Waals surface area contributed by atoms with Crippen molar-refractivity contribution in [3.63, 3.8) is 0 Å². The van der Waals surface area contributed by atoms with Crippen LogP contribution in [0, 0.1) is 5.92 Å². The molecule has 1 heterocycles. The monoisotopic (exact) mass is 209 g/mol. The van der Waals surface area contributed by atoms with E-state index in [0.717, 1.165) is 12.0 Å². The number of hydrogen-bond donors (Lipinski definition) is 1. The topological polar surface area (TPSA) is 12.0 Å². The Morgan fingerprint density at radius 3 is 2.64 bits per heavy atom. The highest BCUT2D eigenvalue weighted by Crippen LogP contribution is 2.34. The molecule has 0 radical (unpaired) electrons. The molecule has 1 atom stereocenters. The van der Waals surface area contributed by atoms with Crippen LogP contribution in [0.3, 0.4) is 0 Å². The molecule has 1 aliphatic carbocycles. The summed E-state index contributed by atoms with van der Waals surface area (Å²) in [6.45, 7) is 2.23. The Morgan fingerprint density at radius 1 is 1.43 bits per heavy atom. The predicted octanol–water partition coefficient (Wildman–Crippen LogP) is 2.85. The van der Waals surface area contributed by atoms with Crippen LogP contribution >= 0.6 is 11.3 Å². The van der Waals surface area contributed by atoms with Gasteiger partial charge in [-0.15, -0.1) is 11.3 Å². The van der Waals surface area contributed by atoms with E-state index in [4.69, 9.17) is 0 Å². The number of hydrogen-bond acceptors (Lipinski definition) is 2. The molecular formula is C12H19NS. The van der Waals surface area contributed by atoms with E-state index in [1.54, 1.807) is 4.88 Å². The first-order chi connectivity index (χ1) is 6.83. The van der Waals surface area contributed by atoms with Gasteiger partial charge in [-0.2, -0.15) is 0 Å². The third-order valence-electron chi connectivity index (χ3n) is 3.05. The summed E-state index contributed by atoms with van der Waals surface area (Å²) in [6.07, 6.45) is 5.26. The lowest BCUT2D eigenvalue weighted by Crippen LogP contribution is -2.29. The van der Waals surface area contributed by atoms with Gasteiger partial charge in [-0.3, -0.25) is 0 Å². The van der Waals surface area contributed by atoms with Crippen LogP contribution in [0.15, 0.2) is 12.1 Å². The summed E-state index contributed by atoms with van der Waals surface area (Å²) >= 11 is 1.98. The molecule has 1 aromatic heterocycles. The molecule has 2 heteroatoms. The van der Waals surface area contributed by atoms with E-state index in [1.165, 1.54) is 30.6 Å². The molecule has 0 spiro atoms. The van der Waals surface area contributed by atoms with E-state index >= 15 is 0 Å². The summed E-state index contributed by atoms with van der Waals surface area (Å²) in [5.41, 5.74) is 0. The van der Waals surface area contributed by atoms with Crippen molar-refractivity contribution >= 4 is 11.3 Å². The highest BCUT2D eigenvalue weighted by molar-refractivity contribution is 7.11. The fourth-order valence-corrected chi connectivity index (χ4v) is 2.96. The van der Waals surface area contributed by atoms with Gasteiger partial charge in [0.15, 0.2) is 0 Å². The van der Waals surface area contributed by atoms with Crippen LogP contribution in [0.4, 0.5) is 0 Å². The summed E-state index contributed by atoms with van der Waals surface area (Å²) in [7, 11) is 2.09. The van der Waals surface area contributed by atoms with E-state index in [1.807, 2.05) is 11.3 Å². The molecule has 0 saturated heterocycles. The Hall–Kier alpha value is -0.340. The van der Waals surface area contributed by atoms with Gasteiger partial charge in [0.2, 0.25) is 0 Å². The van der Waals surface area contributed by atoms with Gasteiger partial charge in [-0.1, -0.05) is 6.92 Å². The van der Waals surface area contributed by atoms with E-state index in [-0.39, 0.29) is 0 Å². The molecular weight excluding hydrogens is 190 g/mol. The first-order valence-electron chi connectivity index (χ1n) is 5.58. The third-order valence-corrected chi connectivity index (χ3v) is 4.30. The van der Waals surface area contributed by atoms with Crippen molar-refractivity contribution in [2.45, 2.75) is 38.6 Å². The summed E-state index contributed by atoms with van der Waals surface area (Å²) < 4.78 is 0. The molecule has 1 N–H and O–H groups in total. The summed E-state index contributed by atoms with van der Waals surface area (Å²) in [5, 5.41) is 3.45. The zero-order valence-electron chi connectivity index (χ0n) is 9.05. The van der Waals surface area contributed by atoms with E-state index < -0.39 is 0 Å². The molecule has 1 aromatic rings. The molecule has 2 rings (SSSR count). The maximum absolute atomic E-state index is 3.45. The van der Waals surface area contributed by atoms with Crippen LogP contribution < -0.4 is 5.32 Å². The van der Waals surface area contributed by atoms with Crippen molar-refractivity contribution in [3.05, 3.63) is 21.9 Å². The molecule has 1 aliphatic rings. The molecule has 0 aliphatic heterocycles. The highest BCUT2D eigenvalue weighted by atomic mass is 32.1. The van der Waals surface area contributed by atoms with Crippen LogP contribution in [0.25, 0.3) is 0 Å². The molecule has 1 saturated carbocycles. The lowest BCUT2D eigenvalue weighted by molar-refractivity contribution is 0.503. The van der Waals surface area contributed by atoms with E-state index in [2.05, 4.69) is 31.4 Å². The second-order valence-electron chi connectivity index (χ2n) is 4.16. The first kappa shape index (κ1) is 10.2. The maximum atomic E-state index is 3.45. The Balaban J connectivity index is 1.94. The van der Waals surface area contributed by atoms with Gasteiger partial charge >= 0.3 is 0 Å². The molecule has 78 valence electrons. The van der Waals surface area contributed by atoms with Gasteiger partial charge in [-0.05, 0) is 50.8 Å². The largest absolute Gasteiger partial charge is 0.316 e. The average molecular weight is 209 g/mol. The fraction of sp³-hybridized carbons (Fsp3) is 0.667. The van der Waals surface area contributed by atoms with E-state index in [9.17, 15) is 0 Å². The van der Waals surface area contributed by atoms with Crippen molar-refractivity contribution in [1.29, 1.82) is 0 Å². The zero-order chi connectivity index (χ0) is 9.97.